The van der Waals surface area contributed by atoms with Gasteiger partial charge in [-0.2, -0.15) is 0 Å². The van der Waals surface area contributed by atoms with E-state index >= 15 is 0 Å². The Morgan fingerprint density at radius 1 is 0.883 bits per heavy atom. The molecule has 3 aliphatic rings. The SMILES string of the molecule is CO[C@@H]1OC(CO)[C@@H](O[C@@H]2OC(CO[C@]3(C)C[C@@H](O)[C@@H](CC(C)=O)C([C@H](O)[C@H](O)CCC(=O)c4cccc(Oc5ccccc5)c4)O3)[C@H](O)[C@H](O)C2O)[C@H](O)C1NC(C)=O. The summed E-state index contributed by atoms with van der Waals surface area (Å²) >= 11 is 0. The number of amides is 1. The number of nitrogens with one attached hydrogen (secondary N) is 1. The third kappa shape index (κ3) is 11.7. The minimum atomic E-state index is -1.89. The summed E-state index contributed by atoms with van der Waals surface area (Å²) < 4.78 is 40.5. The Morgan fingerprint density at radius 3 is 2.22 bits per heavy atom. The maximum absolute atomic E-state index is 13.2. The number of para-hydroxylation sites is 1. The van der Waals surface area contributed by atoms with Gasteiger partial charge in [-0.25, -0.2) is 0 Å². The predicted molar refractivity (Wildman–Crippen MR) is 205 cm³/mol. The Kier molecular flexibility index (Phi) is 16.7. The molecule has 19 heteroatoms. The third-order valence-corrected chi connectivity index (χ3v) is 10.9. The van der Waals surface area contributed by atoms with E-state index in [0.717, 1.165) is 0 Å². The number of hydrogen-bond acceptors (Lipinski definition) is 18. The summed E-state index contributed by atoms with van der Waals surface area (Å²) in [5.74, 6) is -2.98. The Bertz CT molecular complexity index is 1720. The lowest BCUT2D eigenvalue weighted by atomic mass is 9.80. The molecule has 0 radical (unpaired) electrons. The molecule has 3 fully saturated rings. The fourth-order valence-corrected chi connectivity index (χ4v) is 7.75. The monoisotopic (exact) mass is 851 g/mol. The fraction of sp³-hybridized carbons (Fsp3) is 0.634. The van der Waals surface area contributed by atoms with E-state index in [9.17, 15) is 55.2 Å². The number of methoxy groups -OCH3 is 1. The maximum Gasteiger partial charge on any atom is 0.217 e. The Morgan fingerprint density at radius 2 is 1.57 bits per heavy atom. The molecule has 16 atom stereocenters. The highest BCUT2D eigenvalue weighted by Crippen LogP contribution is 2.39. The van der Waals surface area contributed by atoms with Crippen LogP contribution in [0.2, 0.25) is 0 Å². The number of aliphatic hydroxyl groups excluding tert-OH is 8. The zero-order valence-corrected chi connectivity index (χ0v) is 33.8. The summed E-state index contributed by atoms with van der Waals surface area (Å²) in [6.07, 6.45) is -21.2. The maximum atomic E-state index is 13.2. The molecule has 1 amide bonds. The van der Waals surface area contributed by atoms with Gasteiger partial charge in [0.15, 0.2) is 24.2 Å². The molecule has 5 rings (SSSR count). The summed E-state index contributed by atoms with van der Waals surface area (Å²) in [6.45, 7) is 2.62. The molecule has 0 aliphatic carbocycles. The largest absolute Gasteiger partial charge is 0.457 e. The molecule has 3 heterocycles. The molecule has 5 unspecified atom stereocenters. The van der Waals surface area contributed by atoms with Gasteiger partial charge in [0.1, 0.15) is 72.2 Å². The van der Waals surface area contributed by atoms with Crippen molar-refractivity contribution in [1.82, 2.24) is 5.32 Å². The second kappa shape index (κ2) is 21.0. The molecule has 3 aliphatic heterocycles. The van der Waals surface area contributed by atoms with Crippen LogP contribution in [0.25, 0.3) is 0 Å². The standard InChI is InChI=1S/C41H57NO18/c1-20(44)15-25-28(48)17-41(3,60-37(25)32(49)27(47)14-13-26(46)22-9-8-12-24(16-22)56-23-10-6-5-7-11-23)55-19-30-33(50)35(52)36(53)40(58-30)59-38-29(18-43)57-39(54-4)31(34(38)51)42-21(2)45/h5-12,16,25,27-40,43,47-53H,13-15,17-19H2,1-4H3,(H,42,45)/t25-,27-,28-,29?,30?,31?,32-,33+,34-,35+,36?,37?,38-,39-,40+,41+/m1/s1. The summed E-state index contributed by atoms with van der Waals surface area (Å²) in [7, 11) is 1.26. The fourth-order valence-electron chi connectivity index (χ4n) is 7.75. The summed E-state index contributed by atoms with van der Waals surface area (Å²) in [5.41, 5.74) is 0.313. The first-order chi connectivity index (χ1) is 28.4. The first kappa shape index (κ1) is 47.5. The van der Waals surface area contributed by atoms with E-state index in [4.69, 9.17) is 33.2 Å². The van der Waals surface area contributed by atoms with E-state index in [1.165, 1.54) is 27.9 Å². The van der Waals surface area contributed by atoms with Crippen LogP contribution >= 0.6 is 0 Å². The minimum Gasteiger partial charge on any atom is -0.457 e. The van der Waals surface area contributed by atoms with Crippen LogP contribution < -0.4 is 10.1 Å². The average molecular weight is 852 g/mol. The van der Waals surface area contributed by atoms with Crippen LogP contribution in [-0.4, -0.2) is 170 Å². The highest BCUT2D eigenvalue weighted by Gasteiger charge is 2.53. The van der Waals surface area contributed by atoms with Gasteiger partial charge in [-0.1, -0.05) is 30.3 Å². The van der Waals surface area contributed by atoms with Crippen molar-refractivity contribution in [1.29, 1.82) is 0 Å². The molecule has 0 spiro atoms. The van der Waals surface area contributed by atoms with E-state index < -0.39 is 117 Å². The van der Waals surface area contributed by atoms with Crippen molar-refractivity contribution in [2.75, 3.05) is 20.3 Å². The normalized spacial score (nSPS) is 35.6. The molecule has 9 N–H and O–H groups in total. The lowest BCUT2D eigenvalue weighted by Crippen LogP contribution is -2.67. The Balaban J connectivity index is 1.24. The van der Waals surface area contributed by atoms with Crippen molar-refractivity contribution in [2.45, 2.75) is 138 Å². The average Bonchev–Trinajstić information content (AvgIpc) is 3.21. The molecule has 2 aromatic rings. The van der Waals surface area contributed by atoms with Crippen molar-refractivity contribution in [2.24, 2.45) is 5.92 Å². The van der Waals surface area contributed by atoms with Gasteiger partial charge in [-0.15, -0.1) is 0 Å². The molecule has 334 valence electrons. The minimum absolute atomic E-state index is 0.189. The van der Waals surface area contributed by atoms with Crippen LogP contribution in [0, 0.1) is 5.92 Å². The third-order valence-electron chi connectivity index (χ3n) is 10.9. The van der Waals surface area contributed by atoms with Crippen LogP contribution in [0.1, 0.15) is 56.8 Å². The molecule has 60 heavy (non-hydrogen) atoms. The van der Waals surface area contributed by atoms with Crippen LogP contribution in [-0.2, 0) is 38.0 Å². The summed E-state index contributed by atoms with van der Waals surface area (Å²) in [6, 6.07) is 14.3. The van der Waals surface area contributed by atoms with E-state index in [-0.39, 0.29) is 37.2 Å². The number of benzene rings is 2. The first-order valence-electron chi connectivity index (χ1n) is 19.8. The van der Waals surface area contributed by atoms with Crippen LogP contribution in [0.4, 0.5) is 0 Å². The predicted octanol–water partition coefficient (Wildman–Crippen LogP) is -0.936. The van der Waals surface area contributed by atoms with Crippen LogP contribution in [0.3, 0.4) is 0 Å². The number of carbonyl (C=O) groups is 3. The summed E-state index contributed by atoms with van der Waals surface area (Å²) in [4.78, 5) is 37.3. The zero-order chi connectivity index (χ0) is 43.9. The van der Waals surface area contributed by atoms with Crippen molar-refractivity contribution in [3.8, 4) is 11.5 Å². The number of aliphatic hydroxyl groups is 8. The van der Waals surface area contributed by atoms with Crippen LogP contribution in [0.15, 0.2) is 54.6 Å². The van der Waals surface area contributed by atoms with E-state index in [1.54, 1.807) is 48.5 Å². The molecule has 0 saturated carbocycles. The molecular formula is C41H57NO18. The highest BCUT2D eigenvalue weighted by molar-refractivity contribution is 5.96. The number of ketones is 2. The number of rotatable bonds is 18. The number of carbonyl (C=O) groups excluding carboxylic acids is 3. The van der Waals surface area contributed by atoms with Gasteiger partial charge < -0.3 is 84.1 Å². The smallest absolute Gasteiger partial charge is 0.217 e. The molecule has 3 saturated heterocycles. The van der Waals surface area contributed by atoms with Crippen molar-refractivity contribution in [3.63, 3.8) is 0 Å². The number of ether oxygens (including phenoxy) is 7. The Hall–Kier alpha value is -3.51. The second-order valence-corrected chi connectivity index (χ2v) is 15.6. The van der Waals surface area contributed by atoms with Gasteiger partial charge in [0.05, 0.1) is 31.5 Å². The first-order valence-corrected chi connectivity index (χ1v) is 19.8. The van der Waals surface area contributed by atoms with E-state index in [1.807, 2.05) is 6.07 Å². The molecule has 2 aromatic carbocycles. The van der Waals surface area contributed by atoms with Crippen molar-refractivity contribution < 1.29 is 88.4 Å². The lowest BCUT2D eigenvalue weighted by molar-refractivity contribution is -0.362. The van der Waals surface area contributed by atoms with Gasteiger partial charge in [0.2, 0.25) is 5.91 Å². The van der Waals surface area contributed by atoms with E-state index in [0.29, 0.717) is 17.1 Å². The topological polar surface area (TPSA) is 290 Å². The van der Waals surface area contributed by atoms with Gasteiger partial charge in [0, 0.05) is 44.8 Å². The Labute approximate surface area is 346 Å². The van der Waals surface area contributed by atoms with Gasteiger partial charge in [0.25, 0.3) is 0 Å². The van der Waals surface area contributed by atoms with Crippen LogP contribution in [0.5, 0.6) is 11.5 Å². The van der Waals surface area contributed by atoms with Crippen molar-refractivity contribution in [3.05, 3.63) is 60.2 Å². The summed E-state index contributed by atoms with van der Waals surface area (Å²) in [5, 5.41) is 90.1. The van der Waals surface area contributed by atoms with Gasteiger partial charge in [-0.3, -0.25) is 9.59 Å². The lowest BCUT2D eigenvalue weighted by Gasteiger charge is -2.49. The van der Waals surface area contributed by atoms with E-state index in [2.05, 4.69) is 5.32 Å². The highest BCUT2D eigenvalue weighted by atomic mass is 16.7. The number of Topliss-reactive ketones (excluding diaryl/α,β-unsaturated/α-hetero) is 2. The number of hydrogen-bond donors (Lipinski definition) is 9. The zero-order valence-electron chi connectivity index (χ0n) is 33.8. The second-order valence-electron chi connectivity index (χ2n) is 15.6. The molecule has 0 bridgehead atoms. The van der Waals surface area contributed by atoms with Gasteiger partial charge >= 0.3 is 0 Å². The molecule has 19 nitrogen and oxygen atoms in total. The van der Waals surface area contributed by atoms with Crippen molar-refractivity contribution >= 4 is 17.5 Å². The molecule has 0 aromatic heterocycles. The molecular weight excluding hydrogens is 794 g/mol. The quantitative estimate of drug-likeness (QED) is 0.0819. The van der Waals surface area contributed by atoms with Gasteiger partial charge in [-0.05, 0) is 44.5 Å².